The average molecular weight is 267 g/mol. The standard InChI is InChI=1S/C14H18FNO3/c1-9(2)12(8-14(18)19)16-13(17)7-10-5-3-4-6-11(10)15/h3-6,9,12H,7-8H2,1-2H3,(H,16,17)(H,18,19). The summed E-state index contributed by atoms with van der Waals surface area (Å²) in [5.74, 6) is -1.77. The highest BCUT2D eigenvalue weighted by Gasteiger charge is 2.19. The zero-order chi connectivity index (χ0) is 14.4. The Morgan fingerprint density at radius 3 is 2.47 bits per heavy atom. The second-order valence-electron chi connectivity index (χ2n) is 4.78. The van der Waals surface area contributed by atoms with Crippen LogP contribution < -0.4 is 5.32 Å². The van der Waals surface area contributed by atoms with Gasteiger partial charge in [-0.3, -0.25) is 9.59 Å². The summed E-state index contributed by atoms with van der Waals surface area (Å²) in [6.07, 6.45) is -0.226. The molecule has 0 heterocycles. The van der Waals surface area contributed by atoms with Gasteiger partial charge in [-0.1, -0.05) is 32.0 Å². The Morgan fingerprint density at radius 2 is 1.95 bits per heavy atom. The Kier molecular flexibility index (Phi) is 5.48. The molecule has 1 aromatic carbocycles. The second kappa shape index (κ2) is 6.87. The van der Waals surface area contributed by atoms with Gasteiger partial charge in [-0.15, -0.1) is 0 Å². The molecule has 0 radical (unpaired) electrons. The fourth-order valence-corrected chi connectivity index (χ4v) is 1.71. The van der Waals surface area contributed by atoms with E-state index in [-0.39, 0.29) is 24.7 Å². The van der Waals surface area contributed by atoms with E-state index >= 15 is 0 Å². The van der Waals surface area contributed by atoms with Gasteiger partial charge in [0.2, 0.25) is 5.91 Å². The molecule has 0 aromatic heterocycles. The van der Waals surface area contributed by atoms with E-state index in [1.807, 2.05) is 13.8 Å². The van der Waals surface area contributed by atoms with Gasteiger partial charge in [-0.2, -0.15) is 0 Å². The number of hydrogen-bond donors (Lipinski definition) is 2. The lowest BCUT2D eigenvalue weighted by molar-refractivity contribution is -0.138. The number of hydrogen-bond acceptors (Lipinski definition) is 2. The third-order valence-electron chi connectivity index (χ3n) is 2.85. The number of nitrogens with one attached hydrogen (secondary N) is 1. The highest BCUT2D eigenvalue weighted by atomic mass is 19.1. The summed E-state index contributed by atoms with van der Waals surface area (Å²) in [6.45, 7) is 3.66. The first kappa shape index (κ1) is 15.1. The molecule has 2 N–H and O–H groups in total. The van der Waals surface area contributed by atoms with Gasteiger partial charge in [0.05, 0.1) is 12.8 Å². The molecule has 1 atom stereocenters. The second-order valence-corrected chi connectivity index (χ2v) is 4.78. The van der Waals surface area contributed by atoms with Crippen molar-refractivity contribution >= 4 is 11.9 Å². The molecule has 1 amide bonds. The number of carboxylic acids is 1. The minimum absolute atomic E-state index is 0.000621. The van der Waals surface area contributed by atoms with Crippen molar-refractivity contribution in [1.82, 2.24) is 5.32 Å². The van der Waals surface area contributed by atoms with Crippen molar-refractivity contribution in [2.24, 2.45) is 5.92 Å². The smallest absolute Gasteiger partial charge is 0.305 e. The van der Waals surface area contributed by atoms with E-state index in [0.29, 0.717) is 5.56 Å². The van der Waals surface area contributed by atoms with Gasteiger partial charge < -0.3 is 10.4 Å². The van der Waals surface area contributed by atoms with Crippen LogP contribution in [0.3, 0.4) is 0 Å². The normalized spacial score (nSPS) is 12.2. The topological polar surface area (TPSA) is 66.4 Å². The summed E-state index contributed by atoms with van der Waals surface area (Å²) in [6, 6.07) is 5.59. The number of carboxylic acid groups (broad SMARTS) is 1. The average Bonchev–Trinajstić information content (AvgIpc) is 2.30. The minimum atomic E-state index is -0.968. The molecule has 0 spiro atoms. The van der Waals surface area contributed by atoms with E-state index in [0.717, 1.165) is 0 Å². The van der Waals surface area contributed by atoms with E-state index in [9.17, 15) is 14.0 Å². The Hall–Kier alpha value is -1.91. The van der Waals surface area contributed by atoms with Crippen LogP contribution >= 0.6 is 0 Å². The largest absolute Gasteiger partial charge is 0.481 e. The number of halogens is 1. The van der Waals surface area contributed by atoms with E-state index in [1.54, 1.807) is 12.1 Å². The highest BCUT2D eigenvalue weighted by Crippen LogP contribution is 2.09. The maximum atomic E-state index is 13.4. The molecule has 0 aliphatic carbocycles. The molecule has 1 aromatic rings. The quantitative estimate of drug-likeness (QED) is 0.828. The summed E-state index contributed by atoms with van der Waals surface area (Å²) in [7, 11) is 0. The Labute approximate surface area is 111 Å². The SMILES string of the molecule is CC(C)C(CC(=O)O)NC(=O)Cc1ccccc1F. The summed E-state index contributed by atoms with van der Waals surface area (Å²) < 4.78 is 13.4. The van der Waals surface area contributed by atoms with Crippen LogP contribution in [0.5, 0.6) is 0 Å². The minimum Gasteiger partial charge on any atom is -0.481 e. The summed E-state index contributed by atoms with van der Waals surface area (Å²) in [5, 5.41) is 11.4. The number of benzene rings is 1. The molecule has 0 saturated carbocycles. The van der Waals surface area contributed by atoms with Gasteiger partial charge in [-0.25, -0.2) is 4.39 Å². The van der Waals surface area contributed by atoms with Crippen molar-refractivity contribution < 1.29 is 19.1 Å². The molecule has 0 aliphatic heterocycles. The maximum Gasteiger partial charge on any atom is 0.305 e. The van der Waals surface area contributed by atoms with E-state index in [4.69, 9.17) is 5.11 Å². The number of amides is 1. The molecule has 104 valence electrons. The first-order valence-corrected chi connectivity index (χ1v) is 6.14. The molecule has 1 rings (SSSR count). The molecule has 4 nitrogen and oxygen atoms in total. The van der Waals surface area contributed by atoms with Crippen molar-refractivity contribution in [2.45, 2.75) is 32.7 Å². The van der Waals surface area contributed by atoms with Crippen LogP contribution in [0.15, 0.2) is 24.3 Å². The lowest BCUT2D eigenvalue weighted by Crippen LogP contribution is -2.40. The summed E-state index contributed by atoms with van der Waals surface area (Å²) in [5.41, 5.74) is 0.304. The van der Waals surface area contributed by atoms with Crippen molar-refractivity contribution in [3.05, 3.63) is 35.6 Å². The van der Waals surface area contributed by atoms with Crippen molar-refractivity contribution in [1.29, 1.82) is 0 Å². The Bertz CT molecular complexity index is 460. The van der Waals surface area contributed by atoms with Gasteiger partial charge in [-0.05, 0) is 17.5 Å². The predicted octanol–water partition coefficient (Wildman–Crippen LogP) is 1.98. The number of carbonyl (C=O) groups excluding carboxylic acids is 1. The van der Waals surface area contributed by atoms with Gasteiger partial charge in [0, 0.05) is 6.04 Å². The van der Waals surface area contributed by atoms with Crippen molar-refractivity contribution in [3.8, 4) is 0 Å². The third kappa shape index (κ3) is 5.07. The van der Waals surface area contributed by atoms with Crippen LogP contribution in [-0.2, 0) is 16.0 Å². The molecular weight excluding hydrogens is 249 g/mol. The molecule has 19 heavy (non-hydrogen) atoms. The van der Waals surface area contributed by atoms with E-state index in [2.05, 4.69) is 5.32 Å². The fraction of sp³-hybridized carbons (Fsp3) is 0.429. The van der Waals surface area contributed by atoms with Crippen LogP contribution in [0.25, 0.3) is 0 Å². The number of aliphatic carboxylic acids is 1. The molecule has 0 aliphatic rings. The van der Waals surface area contributed by atoms with Crippen molar-refractivity contribution in [3.63, 3.8) is 0 Å². The number of carbonyl (C=O) groups is 2. The Balaban J connectivity index is 2.63. The lowest BCUT2D eigenvalue weighted by atomic mass is 10.0. The summed E-state index contributed by atoms with van der Waals surface area (Å²) in [4.78, 5) is 22.5. The maximum absolute atomic E-state index is 13.4. The monoisotopic (exact) mass is 267 g/mol. The first-order chi connectivity index (χ1) is 8.90. The first-order valence-electron chi connectivity index (χ1n) is 6.14. The van der Waals surface area contributed by atoms with Gasteiger partial charge >= 0.3 is 5.97 Å². The zero-order valence-electron chi connectivity index (χ0n) is 11.0. The van der Waals surface area contributed by atoms with Gasteiger partial charge in [0.25, 0.3) is 0 Å². The van der Waals surface area contributed by atoms with E-state index < -0.39 is 17.8 Å². The van der Waals surface area contributed by atoms with Crippen molar-refractivity contribution in [2.75, 3.05) is 0 Å². The van der Waals surface area contributed by atoms with Crippen LogP contribution in [0.4, 0.5) is 4.39 Å². The zero-order valence-corrected chi connectivity index (χ0v) is 11.0. The molecule has 0 bridgehead atoms. The lowest BCUT2D eigenvalue weighted by Gasteiger charge is -2.20. The van der Waals surface area contributed by atoms with Crippen LogP contribution in [0.1, 0.15) is 25.8 Å². The summed E-state index contributed by atoms with van der Waals surface area (Å²) >= 11 is 0. The third-order valence-corrected chi connectivity index (χ3v) is 2.85. The molecule has 5 heteroatoms. The molecule has 1 unspecified atom stereocenters. The predicted molar refractivity (Wildman–Crippen MR) is 69.1 cm³/mol. The fourth-order valence-electron chi connectivity index (χ4n) is 1.71. The van der Waals surface area contributed by atoms with E-state index in [1.165, 1.54) is 12.1 Å². The Morgan fingerprint density at radius 1 is 1.32 bits per heavy atom. The van der Waals surface area contributed by atoms with Crippen LogP contribution in [-0.4, -0.2) is 23.0 Å². The van der Waals surface area contributed by atoms with Crippen LogP contribution in [0, 0.1) is 11.7 Å². The number of rotatable bonds is 6. The van der Waals surface area contributed by atoms with Gasteiger partial charge in [0.15, 0.2) is 0 Å². The molecular formula is C14H18FNO3. The molecule has 0 saturated heterocycles. The van der Waals surface area contributed by atoms with Crippen LogP contribution in [0.2, 0.25) is 0 Å². The van der Waals surface area contributed by atoms with Gasteiger partial charge in [0.1, 0.15) is 5.82 Å². The highest BCUT2D eigenvalue weighted by molar-refractivity contribution is 5.79. The molecule has 0 fully saturated rings.